The van der Waals surface area contributed by atoms with Crippen molar-refractivity contribution in [3.63, 3.8) is 0 Å². The van der Waals surface area contributed by atoms with E-state index in [0.717, 1.165) is 83.5 Å². The van der Waals surface area contributed by atoms with E-state index < -0.39 is 26.5 Å². The number of phosphoric ester groups is 1. The van der Waals surface area contributed by atoms with E-state index in [-0.39, 0.29) is 38.6 Å². The first-order chi connectivity index (χ1) is 33.8. The molecule has 3 N–H and O–H groups in total. The summed E-state index contributed by atoms with van der Waals surface area (Å²) >= 11 is 0. The Morgan fingerprint density at radius 2 is 0.797 bits per heavy atom. The van der Waals surface area contributed by atoms with Crippen LogP contribution in [0.4, 0.5) is 0 Å². The summed E-state index contributed by atoms with van der Waals surface area (Å²) in [5, 5.41) is 0. The van der Waals surface area contributed by atoms with Crippen molar-refractivity contribution >= 4 is 19.8 Å². The smallest absolute Gasteiger partial charge is 0.462 e. The molecule has 2 atom stereocenters. The topological polar surface area (TPSA) is 134 Å². The number of carbonyl (C=O) groups is 2. The third-order valence-electron chi connectivity index (χ3n) is 11.8. The Kier molecular flexibility index (Phi) is 52.3. The molecule has 0 rings (SSSR count). The van der Waals surface area contributed by atoms with Gasteiger partial charge in [0.05, 0.1) is 13.2 Å². The molecular weight excluding hydrogens is 882 g/mol. The van der Waals surface area contributed by atoms with Gasteiger partial charge in [-0.3, -0.25) is 18.6 Å². The average molecular weight is 986 g/mol. The lowest BCUT2D eigenvalue weighted by molar-refractivity contribution is -0.161. The molecule has 0 aromatic rings. The molecule has 0 bridgehead atoms. The number of ether oxygens (including phenoxy) is 2. The molecule has 9 nitrogen and oxygen atoms in total. The van der Waals surface area contributed by atoms with E-state index in [1.165, 1.54) is 128 Å². The number of nitrogens with two attached hydrogens (primary N) is 1. The van der Waals surface area contributed by atoms with Gasteiger partial charge in [0.15, 0.2) is 6.10 Å². The van der Waals surface area contributed by atoms with E-state index in [1.807, 2.05) is 0 Å². The van der Waals surface area contributed by atoms with Gasteiger partial charge < -0.3 is 20.1 Å². The molecule has 0 fully saturated rings. The third-order valence-corrected chi connectivity index (χ3v) is 12.8. The largest absolute Gasteiger partial charge is 0.472 e. The van der Waals surface area contributed by atoms with Gasteiger partial charge in [0.1, 0.15) is 6.61 Å². The van der Waals surface area contributed by atoms with Gasteiger partial charge in [-0.15, -0.1) is 0 Å². The first kappa shape index (κ1) is 66.2. The highest BCUT2D eigenvalue weighted by Crippen LogP contribution is 2.43. The number of phosphoric acid groups is 1. The molecule has 10 heteroatoms. The van der Waals surface area contributed by atoms with Gasteiger partial charge in [-0.25, -0.2) is 4.57 Å². The Morgan fingerprint density at radius 1 is 0.449 bits per heavy atom. The maximum absolute atomic E-state index is 12.6. The van der Waals surface area contributed by atoms with Crippen molar-refractivity contribution in [3.05, 3.63) is 85.1 Å². The van der Waals surface area contributed by atoms with Crippen LogP contribution in [0.15, 0.2) is 85.1 Å². The van der Waals surface area contributed by atoms with E-state index in [4.69, 9.17) is 24.3 Å². The summed E-state index contributed by atoms with van der Waals surface area (Å²) in [4.78, 5) is 34.9. The van der Waals surface area contributed by atoms with Crippen molar-refractivity contribution in [1.82, 2.24) is 0 Å². The summed E-state index contributed by atoms with van der Waals surface area (Å²) in [5.41, 5.74) is 5.36. The lowest BCUT2D eigenvalue weighted by Crippen LogP contribution is -2.29. The number of unbranched alkanes of at least 4 members (excludes halogenated alkanes) is 25. The van der Waals surface area contributed by atoms with E-state index >= 15 is 0 Å². The minimum absolute atomic E-state index is 0.0530. The maximum atomic E-state index is 12.6. The molecule has 0 radical (unpaired) electrons. The number of hydrogen-bond donors (Lipinski definition) is 2. The van der Waals surface area contributed by atoms with E-state index in [0.29, 0.717) is 6.42 Å². The van der Waals surface area contributed by atoms with E-state index in [1.54, 1.807) is 0 Å². The van der Waals surface area contributed by atoms with E-state index in [2.05, 4.69) is 98.9 Å². The molecule has 0 aromatic heterocycles. The third kappa shape index (κ3) is 54.4. The second-order valence-electron chi connectivity index (χ2n) is 18.4. The predicted molar refractivity (Wildman–Crippen MR) is 293 cm³/mol. The van der Waals surface area contributed by atoms with Crippen LogP contribution in [0.25, 0.3) is 0 Å². The van der Waals surface area contributed by atoms with Crippen LogP contribution in [-0.2, 0) is 32.7 Å². The molecule has 0 saturated heterocycles. The molecule has 0 heterocycles. The molecule has 0 aliphatic carbocycles. The summed E-state index contributed by atoms with van der Waals surface area (Å²) in [6, 6.07) is 0. The molecule has 0 aromatic carbocycles. The van der Waals surface area contributed by atoms with Gasteiger partial charge in [0.25, 0.3) is 0 Å². The molecule has 69 heavy (non-hydrogen) atoms. The zero-order valence-corrected chi connectivity index (χ0v) is 45.2. The Hall–Kier alpha value is -2.81. The summed E-state index contributed by atoms with van der Waals surface area (Å²) in [6.07, 6.45) is 71.0. The highest BCUT2D eigenvalue weighted by atomic mass is 31.2. The highest BCUT2D eigenvalue weighted by molar-refractivity contribution is 7.47. The number of allylic oxidation sites excluding steroid dienone is 14. The van der Waals surface area contributed by atoms with Crippen molar-refractivity contribution in [2.75, 3.05) is 26.4 Å². The fourth-order valence-electron chi connectivity index (χ4n) is 7.68. The summed E-state index contributed by atoms with van der Waals surface area (Å²) < 4.78 is 32.8. The van der Waals surface area contributed by atoms with Crippen LogP contribution in [0, 0.1) is 0 Å². The fourth-order valence-corrected chi connectivity index (χ4v) is 8.44. The van der Waals surface area contributed by atoms with Gasteiger partial charge >= 0.3 is 19.8 Å². The quantitative estimate of drug-likeness (QED) is 0.0264. The molecule has 0 amide bonds. The van der Waals surface area contributed by atoms with Gasteiger partial charge in [0.2, 0.25) is 0 Å². The Morgan fingerprint density at radius 3 is 1.19 bits per heavy atom. The number of esters is 2. The average Bonchev–Trinajstić information content (AvgIpc) is 3.34. The van der Waals surface area contributed by atoms with Gasteiger partial charge in [-0.1, -0.05) is 247 Å². The molecule has 0 spiro atoms. The molecule has 0 saturated carbocycles. The van der Waals surface area contributed by atoms with Crippen LogP contribution in [0.1, 0.15) is 245 Å². The minimum atomic E-state index is -4.38. The van der Waals surface area contributed by atoms with Crippen LogP contribution < -0.4 is 5.73 Å². The maximum Gasteiger partial charge on any atom is 0.472 e. The minimum Gasteiger partial charge on any atom is -0.462 e. The Bertz CT molecular complexity index is 1400. The van der Waals surface area contributed by atoms with Crippen LogP contribution in [-0.4, -0.2) is 49.3 Å². The van der Waals surface area contributed by atoms with Gasteiger partial charge in [-0.2, -0.15) is 0 Å². The lowest BCUT2D eigenvalue weighted by Gasteiger charge is -2.19. The van der Waals surface area contributed by atoms with Gasteiger partial charge in [-0.05, 0) is 70.6 Å². The Balaban J connectivity index is 3.79. The monoisotopic (exact) mass is 986 g/mol. The van der Waals surface area contributed by atoms with Crippen LogP contribution in [0.3, 0.4) is 0 Å². The SMILES string of the molecule is CC/C=C\C/C=C\C/C=C\C/C=C\C/C=C\C/C=C\C/C=C\CCCCCCCCCCCCCCCCCCCC(=O)OC(COC(=O)CCCCCCCCCCC)COP(=O)(O)OCCN. The zero-order chi connectivity index (χ0) is 50.2. The van der Waals surface area contributed by atoms with Crippen LogP contribution in [0.5, 0.6) is 0 Å². The molecular formula is C59H104NO8P. The summed E-state index contributed by atoms with van der Waals surface area (Å²) in [7, 11) is -4.38. The molecule has 0 aliphatic rings. The Labute approximate surface area is 424 Å². The summed E-state index contributed by atoms with van der Waals surface area (Å²) in [6.45, 7) is 3.61. The van der Waals surface area contributed by atoms with E-state index in [9.17, 15) is 19.0 Å². The second-order valence-corrected chi connectivity index (χ2v) is 19.9. The molecule has 398 valence electrons. The highest BCUT2D eigenvalue weighted by Gasteiger charge is 2.26. The normalized spacial score (nSPS) is 13.7. The lowest BCUT2D eigenvalue weighted by atomic mass is 10.0. The van der Waals surface area contributed by atoms with Crippen molar-refractivity contribution in [1.29, 1.82) is 0 Å². The number of hydrogen-bond acceptors (Lipinski definition) is 8. The fraction of sp³-hybridized carbons (Fsp3) is 0.729. The van der Waals surface area contributed by atoms with Crippen molar-refractivity contribution < 1.29 is 37.6 Å². The molecule has 2 unspecified atom stereocenters. The summed E-state index contributed by atoms with van der Waals surface area (Å²) in [5.74, 6) is -0.826. The van der Waals surface area contributed by atoms with Crippen molar-refractivity contribution in [3.8, 4) is 0 Å². The van der Waals surface area contributed by atoms with Crippen molar-refractivity contribution in [2.24, 2.45) is 5.73 Å². The van der Waals surface area contributed by atoms with Crippen LogP contribution in [0.2, 0.25) is 0 Å². The van der Waals surface area contributed by atoms with Crippen molar-refractivity contribution in [2.45, 2.75) is 251 Å². The first-order valence-electron chi connectivity index (χ1n) is 28.1. The van der Waals surface area contributed by atoms with Crippen LogP contribution >= 0.6 is 7.82 Å². The second kappa shape index (κ2) is 54.5. The zero-order valence-electron chi connectivity index (χ0n) is 44.3. The standard InChI is InChI=1S/C59H104NO8P/c1-3-5-7-9-11-13-14-15-16-17-18-19-20-21-22-23-24-25-26-27-28-29-30-31-32-33-34-35-36-37-38-39-40-41-42-44-46-48-50-52-59(62)68-57(56-67-69(63,64)66-54-53-60)55-65-58(61)51-49-47-45-43-12-10-8-6-4-2/h5,7,11,13,15-16,18-19,21-22,24-25,27-28,57H,3-4,6,8-10,12,14,17,20,23,26,29-56,60H2,1-2H3,(H,63,64)/b7-5-,13-11-,16-15-,19-18-,22-21-,25-24-,28-27-. The number of rotatable bonds is 52. The predicted octanol–water partition coefficient (Wildman–Crippen LogP) is 17.5. The first-order valence-corrected chi connectivity index (χ1v) is 29.6. The number of carbonyl (C=O) groups excluding carboxylic acids is 2. The molecule has 0 aliphatic heterocycles. The van der Waals surface area contributed by atoms with Gasteiger partial charge in [0, 0.05) is 19.4 Å².